The molecular formula is C9H15N3. The van der Waals surface area contributed by atoms with E-state index in [0.29, 0.717) is 0 Å². The lowest BCUT2D eigenvalue weighted by Gasteiger charge is -2.01. The summed E-state index contributed by atoms with van der Waals surface area (Å²) in [5, 5.41) is 0. The topological polar surface area (TPSA) is 29.0 Å². The minimum absolute atomic E-state index is 1.32. The third kappa shape index (κ3) is 4.03. The van der Waals surface area contributed by atoms with Crippen LogP contribution in [0.3, 0.4) is 0 Å². The highest BCUT2D eigenvalue weighted by Crippen LogP contribution is 2.01. The van der Waals surface area contributed by atoms with Gasteiger partial charge >= 0.3 is 0 Å². The molecule has 12 heavy (non-hydrogen) atoms. The fourth-order valence-corrected chi connectivity index (χ4v) is 1.13. The van der Waals surface area contributed by atoms with Crippen LogP contribution in [0.5, 0.6) is 0 Å². The molecule has 0 aliphatic carbocycles. The lowest BCUT2D eigenvalue weighted by molar-refractivity contribution is 0.418. The Balaban J connectivity index is 0.000000120. The summed E-state index contributed by atoms with van der Waals surface area (Å²) in [7, 11) is 2.17. The van der Waals surface area contributed by atoms with Crippen LogP contribution in [0.25, 0.3) is 0 Å². The monoisotopic (exact) mass is 165 g/mol. The van der Waals surface area contributed by atoms with E-state index in [1.54, 1.807) is 24.8 Å². The molecule has 3 nitrogen and oxygen atoms in total. The Hall–Kier alpha value is -0.960. The molecule has 0 amide bonds. The van der Waals surface area contributed by atoms with Crippen molar-refractivity contribution in [1.82, 2.24) is 14.9 Å². The van der Waals surface area contributed by atoms with Gasteiger partial charge in [0.15, 0.2) is 0 Å². The van der Waals surface area contributed by atoms with E-state index in [0.717, 1.165) is 0 Å². The molecule has 3 heteroatoms. The zero-order chi connectivity index (χ0) is 8.65. The Bertz CT molecular complexity index is 156. The fourth-order valence-electron chi connectivity index (χ4n) is 1.13. The van der Waals surface area contributed by atoms with Gasteiger partial charge < -0.3 is 4.90 Å². The van der Waals surface area contributed by atoms with Crippen LogP contribution < -0.4 is 0 Å². The van der Waals surface area contributed by atoms with E-state index in [1.807, 2.05) is 0 Å². The number of aromatic nitrogens is 2. The summed E-state index contributed by atoms with van der Waals surface area (Å²) >= 11 is 0. The van der Waals surface area contributed by atoms with E-state index in [9.17, 15) is 0 Å². The Labute approximate surface area is 73.5 Å². The van der Waals surface area contributed by atoms with Crippen molar-refractivity contribution in [3.05, 3.63) is 24.8 Å². The summed E-state index contributed by atoms with van der Waals surface area (Å²) in [6.07, 6.45) is 9.38. The lowest BCUT2D eigenvalue weighted by atomic mass is 10.4. The van der Waals surface area contributed by atoms with E-state index < -0.39 is 0 Å². The normalized spacial score (nSPS) is 16.8. The van der Waals surface area contributed by atoms with Crippen molar-refractivity contribution in [3.8, 4) is 0 Å². The Morgan fingerprint density at radius 1 is 0.917 bits per heavy atom. The zero-order valence-electron chi connectivity index (χ0n) is 7.48. The summed E-state index contributed by atoms with van der Waals surface area (Å²) in [6.45, 7) is 2.64. The van der Waals surface area contributed by atoms with Gasteiger partial charge in [-0.1, -0.05) is 0 Å². The van der Waals surface area contributed by atoms with Crippen LogP contribution in [0.4, 0.5) is 0 Å². The molecular weight excluding hydrogens is 150 g/mol. The van der Waals surface area contributed by atoms with Crippen molar-refractivity contribution in [2.45, 2.75) is 12.8 Å². The average Bonchev–Trinajstić information content (AvgIpc) is 2.60. The maximum Gasteiger partial charge on any atom is 0.0451 e. The van der Waals surface area contributed by atoms with Gasteiger partial charge in [-0.25, -0.2) is 0 Å². The van der Waals surface area contributed by atoms with Crippen LogP contribution in [0.2, 0.25) is 0 Å². The highest BCUT2D eigenvalue weighted by atomic mass is 15.1. The molecule has 0 unspecified atom stereocenters. The molecule has 0 saturated carbocycles. The fraction of sp³-hybridized carbons (Fsp3) is 0.556. The molecule has 0 N–H and O–H groups in total. The first kappa shape index (κ1) is 9.13. The number of hydrogen-bond acceptors (Lipinski definition) is 3. The van der Waals surface area contributed by atoms with E-state index in [2.05, 4.69) is 21.9 Å². The predicted octanol–water partition coefficient (Wildman–Crippen LogP) is 1.19. The molecule has 2 heterocycles. The molecule has 0 bridgehead atoms. The van der Waals surface area contributed by atoms with E-state index in [1.165, 1.54) is 25.9 Å². The van der Waals surface area contributed by atoms with Crippen LogP contribution >= 0.6 is 0 Å². The van der Waals surface area contributed by atoms with E-state index in [-0.39, 0.29) is 0 Å². The molecule has 0 aromatic carbocycles. The van der Waals surface area contributed by atoms with Gasteiger partial charge in [0.1, 0.15) is 0 Å². The van der Waals surface area contributed by atoms with Crippen molar-refractivity contribution < 1.29 is 0 Å². The van der Waals surface area contributed by atoms with Crippen molar-refractivity contribution in [2.75, 3.05) is 20.1 Å². The molecule has 1 saturated heterocycles. The summed E-state index contributed by atoms with van der Waals surface area (Å²) in [4.78, 5) is 9.81. The predicted molar refractivity (Wildman–Crippen MR) is 48.8 cm³/mol. The third-order valence-electron chi connectivity index (χ3n) is 1.81. The highest BCUT2D eigenvalue weighted by Gasteiger charge is 2.03. The molecule has 0 atom stereocenters. The first-order valence-corrected chi connectivity index (χ1v) is 4.28. The van der Waals surface area contributed by atoms with Gasteiger partial charge in [0.05, 0.1) is 0 Å². The smallest absolute Gasteiger partial charge is 0.0451 e. The SMILES string of the molecule is CN1CCCC1.c1cnccn1. The molecule has 1 fully saturated rings. The second-order valence-electron chi connectivity index (χ2n) is 2.90. The molecule has 1 aromatic rings. The highest BCUT2D eigenvalue weighted by molar-refractivity contribution is 4.70. The van der Waals surface area contributed by atoms with Gasteiger partial charge in [-0.2, -0.15) is 0 Å². The Morgan fingerprint density at radius 3 is 1.50 bits per heavy atom. The van der Waals surface area contributed by atoms with Crippen molar-refractivity contribution in [2.24, 2.45) is 0 Å². The summed E-state index contributed by atoms with van der Waals surface area (Å²) < 4.78 is 0. The van der Waals surface area contributed by atoms with Crippen LogP contribution in [0.1, 0.15) is 12.8 Å². The molecule has 66 valence electrons. The minimum atomic E-state index is 1.32. The summed E-state index contributed by atoms with van der Waals surface area (Å²) in [5.41, 5.74) is 0. The van der Waals surface area contributed by atoms with Crippen LogP contribution in [0, 0.1) is 0 Å². The number of rotatable bonds is 0. The van der Waals surface area contributed by atoms with Gasteiger partial charge in [-0.05, 0) is 33.0 Å². The second kappa shape index (κ2) is 5.66. The Kier molecular flexibility index (Phi) is 4.31. The van der Waals surface area contributed by atoms with Crippen molar-refractivity contribution >= 4 is 0 Å². The first-order chi connectivity index (χ1) is 5.89. The molecule has 0 radical (unpaired) electrons. The molecule has 2 rings (SSSR count). The maximum absolute atomic E-state index is 3.72. The minimum Gasteiger partial charge on any atom is -0.306 e. The zero-order valence-corrected chi connectivity index (χ0v) is 7.48. The average molecular weight is 165 g/mol. The van der Waals surface area contributed by atoms with Gasteiger partial charge in [-0.3, -0.25) is 9.97 Å². The number of hydrogen-bond donors (Lipinski definition) is 0. The van der Waals surface area contributed by atoms with Crippen molar-refractivity contribution in [3.63, 3.8) is 0 Å². The van der Waals surface area contributed by atoms with Gasteiger partial charge in [0, 0.05) is 24.8 Å². The lowest BCUT2D eigenvalue weighted by Crippen LogP contribution is -2.10. The largest absolute Gasteiger partial charge is 0.306 e. The van der Waals surface area contributed by atoms with Crippen LogP contribution in [-0.2, 0) is 0 Å². The third-order valence-corrected chi connectivity index (χ3v) is 1.81. The summed E-state index contributed by atoms with van der Waals surface area (Å²) in [5.74, 6) is 0. The van der Waals surface area contributed by atoms with Crippen LogP contribution in [0.15, 0.2) is 24.8 Å². The molecule has 1 aromatic heterocycles. The first-order valence-electron chi connectivity index (χ1n) is 4.28. The molecule has 0 spiro atoms. The second-order valence-corrected chi connectivity index (χ2v) is 2.90. The number of likely N-dealkylation sites (tertiary alicyclic amines) is 1. The van der Waals surface area contributed by atoms with Gasteiger partial charge in [0.2, 0.25) is 0 Å². The molecule has 1 aliphatic rings. The standard InChI is InChI=1S/C5H11N.C4H4N2/c1-6-4-2-3-5-6;1-2-6-4-3-5-1/h2-5H2,1H3;1-4H. The van der Waals surface area contributed by atoms with Crippen LogP contribution in [-0.4, -0.2) is 35.0 Å². The number of nitrogens with zero attached hydrogens (tertiary/aromatic N) is 3. The van der Waals surface area contributed by atoms with Gasteiger partial charge in [-0.15, -0.1) is 0 Å². The van der Waals surface area contributed by atoms with E-state index in [4.69, 9.17) is 0 Å². The Morgan fingerprint density at radius 2 is 1.33 bits per heavy atom. The quantitative estimate of drug-likeness (QED) is 0.578. The van der Waals surface area contributed by atoms with E-state index >= 15 is 0 Å². The van der Waals surface area contributed by atoms with Crippen molar-refractivity contribution in [1.29, 1.82) is 0 Å². The summed E-state index contributed by atoms with van der Waals surface area (Å²) in [6, 6.07) is 0. The van der Waals surface area contributed by atoms with Gasteiger partial charge in [0.25, 0.3) is 0 Å². The maximum atomic E-state index is 3.72. The molecule has 1 aliphatic heterocycles.